The molecule has 0 saturated carbocycles. The summed E-state index contributed by atoms with van der Waals surface area (Å²) in [5.74, 6) is -0.894. The van der Waals surface area contributed by atoms with Crippen molar-refractivity contribution in [2.45, 2.75) is 31.3 Å². The lowest BCUT2D eigenvalue weighted by Gasteiger charge is -2.27. The number of carbonyl (C=O) groups excluding carboxylic acids is 1. The summed E-state index contributed by atoms with van der Waals surface area (Å²) in [7, 11) is -3.62. The van der Waals surface area contributed by atoms with E-state index in [1.165, 1.54) is 12.1 Å². The Morgan fingerprint density at radius 2 is 1.48 bits per heavy atom. The first-order chi connectivity index (χ1) is 10.9. The van der Waals surface area contributed by atoms with E-state index in [1.54, 1.807) is 23.1 Å². The third kappa shape index (κ3) is 4.66. The van der Waals surface area contributed by atoms with Gasteiger partial charge in [0, 0.05) is 12.6 Å². The van der Waals surface area contributed by atoms with Crippen molar-refractivity contribution in [2.24, 2.45) is 0 Å². The van der Waals surface area contributed by atoms with E-state index in [4.69, 9.17) is 0 Å². The fraction of sp³-hybridized carbons (Fsp3) is 0.278. The van der Waals surface area contributed by atoms with Gasteiger partial charge in [0.25, 0.3) is 0 Å². The monoisotopic (exact) mass is 331 g/mol. The van der Waals surface area contributed by atoms with Crippen LogP contribution in [0.1, 0.15) is 19.4 Å². The second-order valence-corrected chi connectivity index (χ2v) is 7.66. The zero-order valence-electron chi connectivity index (χ0n) is 13.3. The third-order valence-electron chi connectivity index (χ3n) is 3.56. The lowest BCUT2D eigenvalue weighted by atomic mass is 10.2. The van der Waals surface area contributed by atoms with Crippen LogP contribution in [0.5, 0.6) is 0 Å². The molecular formula is C18H21NO3S. The molecule has 0 bridgehead atoms. The summed E-state index contributed by atoms with van der Waals surface area (Å²) < 4.78 is 24.7. The summed E-state index contributed by atoms with van der Waals surface area (Å²) in [6.45, 7) is 4.17. The van der Waals surface area contributed by atoms with Crippen molar-refractivity contribution < 1.29 is 13.2 Å². The number of amides is 1. The van der Waals surface area contributed by atoms with Crippen molar-refractivity contribution in [3.8, 4) is 0 Å². The van der Waals surface area contributed by atoms with Gasteiger partial charge in [-0.1, -0.05) is 48.5 Å². The van der Waals surface area contributed by atoms with Gasteiger partial charge in [-0.2, -0.15) is 0 Å². The van der Waals surface area contributed by atoms with Crippen LogP contribution >= 0.6 is 0 Å². The van der Waals surface area contributed by atoms with Gasteiger partial charge in [0.05, 0.1) is 4.90 Å². The molecule has 0 aliphatic rings. The highest BCUT2D eigenvalue weighted by Crippen LogP contribution is 2.14. The van der Waals surface area contributed by atoms with Crippen molar-refractivity contribution in [1.82, 2.24) is 4.90 Å². The van der Waals surface area contributed by atoms with Gasteiger partial charge in [0.1, 0.15) is 5.75 Å². The average Bonchev–Trinajstić information content (AvgIpc) is 2.53. The van der Waals surface area contributed by atoms with E-state index in [9.17, 15) is 13.2 Å². The summed E-state index contributed by atoms with van der Waals surface area (Å²) in [5, 5.41) is 0. The molecule has 0 aliphatic heterocycles. The van der Waals surface area contributed by atoms with Crippen LogP contribution in [0.15, 0.2) is 65.6 Å². The fourth-order valence-corrected chi connectivity index (χ4v) is 3.52. The Hall–Kier alpha value is -2.14. The molecule has 122 valence electrons. The Kier molecular flexibility index (Phi) is 5.55. The van der Waals surface area contributed by atoms with Gasteiger partial charge in [-0.25, -0.2) is 8.42 Å². The van der Waals surface area contributed by atoms with E-state index in [2.05, 4.69) is 0 Å². The van der Waals surface area contributed by atoms with E-state index in [-0.39, 0.29) is 16.8 Å². The largest absolute Gasteiger partial charge is 0.335 e. The van der Waals surface area contributed by atoms with Gasteiger partial charge in [-0.15, -0.1) is 0 Å². The molecule has 23 heavy (non-hydrogen) atoms. The quantitative estimate of drug-likeness (QED) is 0.818. The molecule has 0 saturated heterocycles. The summed E-state index contributed by atoms with van der Waals surface area (Å²) in [4.78, 5) is 14.3. The number of sulfone groups is 1. The molecule has 0 unspecified atom stereocenters. The minimum atomic E-state index is -3.62. The molecule has 2 aromatic carbocycles. The minimum Gasteiger partial charge on any atom is -0.335 e. The van der Waals surface area contributed by atoms with Crippen LogP contribution in [0.3, 0.4) is 0 Å². The minimum absolute atomic E-state index is 0.0753. The molecule has 0 spiro atoms. The van der Waals surface area contributed by atoms with Crippen molar-refractivity contribution >= 4 is 15.7 Å². The molecule has 2 aromatic rings. The Balaban J connectivity index is 2.16. The summed E-state index contributed by atoms with van der Waals surface area (Å²) in [5.41, 5.74) is 0.978. The first-order valence-corrected chi connectivity index (χ1v) is 9.16. The first kappa shape index (κ1) is 17.2. The number of hydrogen-bond acceptors (Lipinski definition) is 3. The molecule has 0 N–H and O–H groups in total. The van der Waals surface area contributed by atoms with E-state index in [0.29, 0.717) is 6.54 Å². The molecule has 0 heterocycles. The van der Waals surface area contributed by atoms with Crippen molar-refractivity contribution in [3.63, 3.8) is 0 Å². The van der Waals surface area contributed by atoms with Gasteiger partial charge in [0.15, 0.2) is 9.84 Å². The van der Waals surface area contributed by atoms with Gasteiger partial charge in [-0.3, -0.25) is 4.79 Å². The number of hydrogen-bond donors (Lipinski definition) is 0. The Morgan fingerprint density at radius 3 is 2.00 bits per heavy atom. The summed E-state index contributed by atoms with van der Waals surface area (Å²) >= 11 is 0. The lowest BCUT2D eigenvalue weighted by molar-refractivity contribution is -0.130. The van der Waals surface area contributed by atoms with E-state index in [1.807, 2.05) is 44.2 Å². The summed E-state index contributed by atoms with van der Waals surface area (Å²) in [6.07, 6.45) is 0. The number of benzene rings is 2. The van der Waals surface area contributed by atoms with Gasteiger partial charge in [-0.05, 0) is 31.5 Å². The molecule has 1 amide bonds. The molecule has 0 fully saturated rings. The van der Waals surface area contributed by atoms with Crippen LogP contribution in [0.4, 0.5) is 0 Å². The maximum atomic E-state index is 12.5. The van der Waals surface area contributed by atoms with E-state index in [0.717, 1.165) is 5.56 Å². The topological polar surface area (TPSA) is 54.5 Å². The first-order valence-electron chi connectivity index (χ1n) is 7.51. The van der Waals surface area contributed by atoms with Crippen LogP contribution in [0, 0.1) is 0 Å². The number of nitrogens with zero attached hydrogens (tertiary/aromatic N) is 1. The highest BCUT2D eigenvalue weighted by Gasteiger charge is 2.25. The highest BCUT2D eigenvalue weighted by molar-refractivity contribution is 7.92. The van der Waals surface area contributed by atoms with Gasteiger partial charge < -0.3 is 4.90 Å². The Bertz CT molecular complexity index is 740. The smallest absolute Gasteiger partial charge is 0.238 e. The van der Waals surface area contributed by atoms with E-state index < -0.39 is 15.6 Å². The molecule has 0 atom stereocenters. The van der Waals surface area contributed by atoms with Crippen molar-refractivity contribution in [2.75, 3.05) is 5.75 Å². The second kappa shape index (κ2) is 7.42. The zero-order chi connectivity index (χ0) is 16.9. The predicted octanol–water partition coefficient (Wildman–Crippen LogP) is 2.90. The SMILES string of the molecule is CC(C)N(Cc1ccccc1)C(=O)CS(=O)(=O)c1ccccc1. The van der Waals surface area contributed by atoms with Crippen molar-refractivity contribution in [1.29, 1.82) is 0 Å². The average molecular weight is 331 g/mol. The van der Waals surface area contributed by atoms with Gasteiger partial charge in [0.2, 0.25) is 5.91 Å². The molecular weight excluding hydrogens is 310 g/mol. The van der Waals surface area contributed by atoms with Gasteiger partial charge >= 0.3 is 0 Å². The normalized spacial score (nSPS) is 11.4. The molecule has 4 nitrogen and oxygen atoms in total. The number of carbonyl (C=O) groups is 1. The third-order valence-corrected chi connectivity index (χ3v) is 5.17. The predicted molar refractivity (Wildman–Crippen MR) is 90.6 cm³/mol. The molecule has 0 radical (unpaired) electrons. The van der Waals surface area contributed by atoms with Crippen LogP contribution in [-0.2, 0) is 21.2 Å². The molecule has 0 aliphatic carbocycles. The molecule has 0 aromatic heterocycles. The van der Waals surface area contributed by atoms with Crippen LogP contribution < -0.4 is 0 Å². The van der Waals surface area contributed by atoms with Crippen molar-refractivity contribution in [3.05, 3.63) is 66.2 Å². The molecule has 5 heteroatoms. The lowest BCUT2D eigenvalue weighted by Crippen LogP contribution is -2.40. The summed E-state index contributed by atoms with van der Waals surface area (Å²) in [6, 6.07) is 17.6. The van der Waals surface area contributed by atoms with Crippen LogP contribution in [0.2, 0.25) is 0 Å². The maximum absolute atomic E-state index is 12.5. The highest BCUT2D eigenvalue weighted by atomic mass is 32.2. The van der Waals surface area contributed by atoms with E-state index >= 15 is 0 Å². The standard InChI is InChI=1S/C18H21NO3S/c1-15(2)19(13-16-9-5-3-6-10-16)18(20)14-23(21,22)17-11-7-4-8-12-17/h3-12,15H,13-14H2,1-2H3. The van der Waals surface area contributed by atoms with Crippen LogP contribution in [0.25, 0.3) is 0 Å². The maximum Gasteiger partial charge on any atom is 0.238 e. The van der Waals surface area contributed by atoms with Crippen LogP contribution in [-0.4, -0.2) is 31.0 Å². The second-order valence-electron chi connectivity index (χ2n) is 5.67. The fourth-order valence-electron chi connectivity index (χ4n) is 2.30. The zero-order valence-corrected chi connectivity index (χ0v) is 14.2. The Morgan fingerprint density at radius 1 is 0.957 bits per heavy atom. The number of rotatable bonds is 6. The Labute approximate surface area is 137 Å². The molecule has 2 rings (SSSR count).